The van der Waals surface area contributed by atoms with Crippen LogP contribution >= 0.6 is 0 Å². The summed E-state index contributed by atoms with van der Waals surface area (Å²) < 4.78 is 50.7. The van der Waals surface area contributed by atoms with Gasteiger partial charge in [0.15, 0.2) is 5.96 Å². The molecule has 0 radical (unpaired) electrons. The first-order valence-electron chi connectivity index (χ1n) is 10.3. The van der Waals surface area contributed by atoms with Crippen LogP contribution in [0.3, 0.4) is 0 Å². The van der Waals surface area contributed by atoms with E-state index in [0.717, 1.165) is 0 Å². The quantitative estimate of drug-likeness (QED) is 0.384. The predicted molar refractivity (Wildman–Crippen MR) is 123 cm³/mol. The monoisotopic (exact) mass is 495 g/mol. The van der Waals surface area contributed by atoms with E-state index in [-0.39, 0.29) is 30.1 Å². The Morgan fingerprint density at radius 2 is 1.85 bits per heavy atom. The number of nitrogens with two attached hydrogens (primary N) is 2. The number of sulfonamides is 1. The van der Waals surface area contributed by atoms with Gasteiger partial charge in [0, 0.05) is 62.4 Å². The van der Waals surface area contributed by atoms with Crippen LogP contribution in [0.1, 0.15) is 5.56 Å². The van der Waals surface area contributed by atoms with Crippen molar-refractivity contribution in [3.63, 3.8) is 0 Å². The van der Waals surface area contributed by atoms with E-state index in [1.54, 1.807) is 12.1 Å². The van der Waals surface area contributed by atoms with Gasteiger partial charge < -0.3 is 25.8 Å². The van der Waals surface area contributed by atoms with Crippen LogP contribution < -0.4 is 16.4 Å². The van der Waals surface area contributed by atoms with E-state index in [2.05, 4.69) is 15.0 Å². The van der Waals surface area contributed by atoms with Gasteiger partial charge in [-0.25, -0.2) is 27.6 Å². The minimum absolute atomic E-state index is 0.0627. The molecule has 1 aromatic carbocycles. The van der Waals surface area contributed by atoms with Gasteiger partial charge in [0.25, 0.3) is 0 Å². The highest BCUT2D eigenvalue weighted by molar-refractivity contribution is 7.89. The minimum atomic E-state index is -3.37. The van der Waals surface area contributed by atoms with Crippen LogP contribution in [0, 0.1) is 5.82 Å². The molecule has 34 heavy (non-hydrogen) atoms. The number of guanidine groups is 1. The molecule has 184 valence electrons. The zero-order valence-corrected chi connectivity index (χ0v) is 19.4. The maximum Gasteiger partial charge on any atom is 0.437 e. The number of benzene rings is 1. The number of carbonyl (C=O) groups is 1. The van der Waals surface area contributed by atoms with Gasteiger partial charge in [-0.2, -0.15) is 4.31 Å². The van der Waals surface area contributed by atoms with E-state index in [0.29, 0.717) is 37.7 Å². The van der Waals surface area contributed by atoms with Crippen molar-refractivity contribution in [1.29, 1.82) is 0 Å². The Kier molecular flexibility index (Phi) is 8.31. The Bertz CT molecular complexity index is 1130. The number of rotatable bonds is 8. The molecule has 0 saturated carbocycles. The smallest absolute Gasteiger partial charge is 0.437 e. The number of amides is 1. The van der Waals surface area contributed by atoms with E-state index in [4.69, 9.17) is 20.9 Å². The summed E-state index contributed by atoms with van der Waals surface area (Å²) in [5.41, 5.74) is 11.0. The van der Waals surface area contributed by atoms with Crippen molar-refractivity contribution in [3.05, 3.63) is 42.0 Å². The SMILES string of the molecule is COCCS(=O)(=O)N1CCN(c2ncc(-c3cccc(COC(=O)N=C(N)N)c3F)cn2)CC1. The number of methoxy groups -OCH3 is 1. The van der Waals surface area contributed by atoms with Crippen LogP contribution in [-0.4, -0.2) is 80.4 Å². The van der Waals surface area contributed by atoms with E-state index in [1.165, 1.54) is 29.9 Å². The largest absolute Gasteiger partial charge is 0.443 e. The lowest BCUT2D eigenvalue weighted by Gasteiger charge is -2.33. The molecule has 1 saturated heterocycles. The van der Waals surface area contributed by atoms with Gasteiger partial charge in [0.2, 0.25) is 16.0 Å². The molecule has 4 N–H and O–H groups in total. The average molecular weight is 496 g/mol. The number of nitrogens with zero attached hydrogens (tertiary/aromatic N) is 5. The fraction of sp³-hybridized carbons (Fsp3) is 0.400. The fourth-order valence-electron chi connectivity index (χ4n) is 3.30. The molecular formula is C20H26FN7O5S. The summed E-state index contributed by atoms with van der Waals surface area (Å²) in [6.45, 7) is 1.27. The molecule has 1 aliphatic rings. The molecule has 1 aliphatic heterocycles. The summed E-state index contributed by atoms with van der Waals surface area (Å²) in [6, 6.07) is 4.63. The van der Waals surface area contributed by atoms with Crippen LogP contribution in [-0.2, 0) is 26.1 Å². The Hall–Kier alpha value is -3.36. The van der Waals surface area contributed by atoms with Gasteiger partial charge in [-0.15, -0.1) is 4.99 Å². The van der Waals surface area contributed by atoms with E-state index >= 15 is 0 Å². The van der Waals surface area contributed by atoms with Crippen molar-refractivity contribution in [2.45, 2.75) is 6.61 Å². The lowest BCUT2D eigenvalue weighted by atomic mass is 10.1. The van der Waals surface area contributed by atoms with Crippen LogP contribution in [0.15, 0.2) is 35.6 Å². The topological polar surface area (TPSA) is 166 Å². The number of aliphatic imine (C=N–C) groups is 1. The second kappa shape index (κ2) is 11.2. The summed E-state index contributed by atoms with van der Waals surface area (Å²) in [6.07, 6.45) is 1.94. The molecule has 0 spiro atoms. The summed E-state index contributed by atoms with van der Waals surface area (Å²) >= 11 is 0. The highest BCUT2D eigenvalue weighted by Gasteiger charge is 2.27. The Labute approximate surface area is 196 Å². The lowest BCUT2D eigenvalue weighted by molar-refractivity contribution is 0.149. The second-order valence-corrected chi connectivity index (χ2v) is 9.43. The first-order valence-corrected chi connectivity index (χ1v) is 11.9. The number of piperazine rings is 1. The maximum atomic E-state index is 15.0. The first-order chi connectivity index (χ1) is 16.2. The molecule has 14 heteroatoms. The van der Waals surface area contributed by atoms with Crippen molar-refractivity contribution in [2.24, 2.45) is 16.5 Å². The molecule has 2 heterocycles. The molecule has 0 atom stereocenters. The molecule has 12 nitrogen and oxygen atoms in total. The van der Waals surface area contributed by atoms with Crippen molar-refractivity contribution in [3.8, 4) is 11.1 Å². The standard InChI is InChI=1S/C20H26FN7O5S/c1-32-9-10-34(30,31)28-7-5-27(6-8-28)19-24-11-15(12-25-19)16-4-2-3-14(17(16)21)13-33-20(29)26-18(22)23/h2-4,11-12H,5-10,13H2,1H3,(H4,22,23,26,29). The van der Waals surface area contributed by atoms with Crippen molar-refractivity contribution in [2.75, 3.05) is 50.5 Å². The van der Waals surface area contributed by atoms with Crippen molar-refractivity contribution in [1.82, 2.24) is 14.3 Å². The Balaban J connectivity index is 1.65. The zero-order chi connectivity index (χ0) is 24.7. The highest BCUT2D eigenvalue weighted by atomic mass is 32.2. The van der Waals surface area contributed by atoms with Crippen LogP contribution in [0.25, 0.3) is 11.1 Å². The molecule has 3 rings (SSSR count). The van der Waals surface area contributed by atoms with Gasteiger partial charge in [-0.3, -0.25) is 0 Å². The van der Waals surface area contributed by atoms with E-state index < -0.39 is 27.9 Å². The number of ether oxygens (including phenoxy) is 2. The van der Waals surface area contributed by atoms with Gasteiger partial charge in [0.1, 0.15) is 12.4 Å². The number of anilines is 1. The molecule has 1 amide bonds. The van der Waals surface area contributed by atoms with Gasteiger partial charge in [-0.05, 0) is 0 Å². The molecular weight excluding hydrogens is 469 g/mol. The summed E-state index contributed by atoms with van der Waals surface area (Å²) in [7, 11) is -1.91. The predicted octanol–water partition coefficient (Wildman–Crippen LogP) is 0.291. The highest BCUT2D eigenvalue weighted by Crippen LogP contribution is 2.25. The third kappa shape index (κ3) is 6.36. The second-order valence-electron chi connectivity index (χ2n) is 7.34. The third-order valence-electron chi connectivity index (χ3n) is 5.06. The van der Waals surface area contributed by atoms with E-state index in [1.807, 2.05) is 4.90 Å². The number of halogens is 1. The average Bonchev–Trinajstić information content (AvgIpc) is 2.82. The van der Waals surface area contributed by atoms with Crippen molar-refractivity contribution < 1.29 is 27.1 Å². The minimum Gasteiger partial charge on any atom is -0.443 e. The van der Waals surface area contributed by atoms with Crippen LogP contribution in [0.5, 0.6) is 0 Å². The lowest BCUT2D eigenvalue weighted by Crippen LogP contribution is -2.50. The fourth-order valence-corrected chi connectivity index (χ4v) is 4.65. The van der Waals surface area contributed by atoms with Crippen LogP contribution in [0.4, 0.5) is 15.1 Å². The number of hydrogen-bond acceptors (Lipinski definition) is 8. The maximum absolute atomic E-state index is 15.0. The number of aromatic nitrogens is 2. The van der Waals surface area contributed by atoms with Crippen LogP contribution in [0.2, 0.25) is 0 Å². The Morgan fingerprint density at radius 1 is 1.18 bits per heavy atom. The molecule has 0 bridgehead atoms. The third-order valence-corrected chi connectivity index (χ3v) is 6.89. The first kappa shape index (κ1) is 25.3. The summed E-state index contributed by atoms with van der Waals surface area (Å²) in [5, 5.41) is 0. The summed E-state index contributed by atoms with van der Waals surface area (Å²) in [4.78, 5) is 25.2. The zero-order valence-electron chi connectivity index (χ0n) is 18.6. The summed E-state index contributed by atoms with van der Waals surface area (Å²) in [5.74, 6) is -0.690. The number of carbonyl (C=O) groups excluding carboxylic acids is 1. The van der Waals surface area contributed by atoms with Gasteiger partial charge in [0.05, 0.1) is 12.4 Å². The molecule has 2 aromatic rings. The normalized spacial score (nSPS) is 14.6. The van der Waals surface area contributed by atoms with E-state index in [9.17, 15) is 17.6 Å². The molecule has 0 aliphatic carbocycles. The Morgan fingerprint density at radius 3 is 2.47 bits per heavy atom. The van der Waals surface area contributed by atoms with Crippen molar-refractivity contribution >= 4 is 28.0 Å². The molecule has 0 unspecified atom stereocenters. The molecule has 1 aromatic heterocycles. The molecule has 1 fully saturated rings. The van der Waals surface area contributed by atoms with Gasteiger partial charge >= 0.3 is 6.09 Å². The van der Waals surface area contributed by atoms with Gasteiger partial charge in [-0.1, -0.05) is 18.2 Å². The number of hydrogen-bond donors (Lipinski definition) is 2.